The second kappa shape index (κ2) is 5.25. The van der Waals surface area contributed by atoms with E-state index >= 15 is 0 Å². The average molecular weight is 354 g/mol. The Balaban J connectivity index is 1.39. The van der Waals surface area contributed by atoms with E-state index in [4.69, 9.17) is 4.74 Å². The van der Waals surface area contributed by atoms with Crippen LogP contribution in [0.3, 0.4) is 0 Å². The largest absolute Gasteiger partial charge is 0.411 e. The fraction of sp³-hybridized carbons (Fsp3) is 0.783. The first-order valence-electron chi connectivity index (χ1n) is 11.0. The molecular formula is C23H31NO2. The number of rotatable bonds is 1. The summed E-state index contributed by atoms with van der Waals surface area (Å²) < 4.78 is 6.46. The van der Waals surface area contributed by atoms with Crippen molar-refractivity contribution in [2.45, 2.75) is 63.9 Å². The van der Waals surface area contributed by atoms with Crippen molar-refractivity contribution in [3.8, 4) is 0 Å². The highest BCUT2D eigenvalue weighted by Crippen LogP contribution is 2.73. The van der Waals surface area contributed by atoms with E-state index in [1.54, 1.807) is 5.57 Å². The molecule has 0 radical (unpaired) electrons. The summed E-state index contributed by atoms with van der Waals surface area (Å²) >= 11 is 0. The van der Waals surface area contributed by atoms with Crippen molar-refractivity contribution in [3.63, 3.8) is 0 Å². The summed E-state index contributed by atoms with van der Waals surface area (Å²) in [5.74, 6) is 5.11. The second-order valence-corrected chi connectivity index (χ2v) is 9.92. The summed E-state index contributed by atoms with van der Waals surface area (Å²) in [6, 6.07) is 0. The number of hydrogen-bond donors (Lipinski definition) is 1. The molecule has 0 saturated heterocycles. The third-order valence-electron chi connectivity index (χ3n) is 9.60. The van der Waals surface area contributed by atoms with E-state index in [1.165, 1.54) is 44.9 Å². The molecule has 0 aromatic heterocycles. The lowest BCUT2D eigenvalue weighted by Gasteiger charge is -2.57. The number of allylic oxidation sites excluding steroid dienone is 2. The van der Waals surface area contributed by atoms with Crippen molar-refractivity contribution >= 4 is 5.71 Å². The second-order valence-electron chi connectivity index (χ2n) is 9.92. The predicted octanol–water partition coefficient (Wildman–Crippen LogP) is 4.96. The highest BCUT2D eigenvalue weighted by Gasteiger charge is 2.69. The lowest BCUT2D eigenvalue weighted by Crippen LogP contribution is -2.54. The monoisotopic (exact) mass is 353 g/mol. The summed E-state index contributed by atoms with van der Waals surface area (Å²) in [7, 11) is 0. The van der Waals surface area contributed by atoms with Gasteiger partial charge in [0.2, 0.25) is 0 Å². The van der Waals surface area contributed by atoms with Crippen LogP contribution < -0.4 is 0 Å². The van der Waals surface area contributed by atoms with Crippen molar-refractivity contribution in [2.24, 2.45) is 46.1 Å². The molecule has 6 rings (SSSR count). The Morgan fingerprint density at radius 1 is 1.19 bits per heavy atom. The first-order valence-corrected chi connectivity index (χ1v) is 11.0. The number of oxime groups is 1. The van der Waals surface area contributed by atoms with E-state index in [0.29, 0.717) is 5.41 Å². The third-order valence-corrected chi connectivity index (χ3v) is 9.60. The van der Waals surface area contributed by atoms with Gasteiger partial charge in [-0.2, -0.15) is 0 Å². The van der Waals surface area contributed by atoms with E-state index in [-0.39, 0.29) is 5.60 Å². The van der Waals surface area contributed by atoms with Crippen LogP contribution in [-0.2, 0) is 4.74 Å². The fourth-order valence-corrected chi connectivity index (χ4v) is 8.64. The van der Waals surface area contributed by atoms with Gasteiger partial charge in [-0.1, -0.05) is 29.8 Å². The zero-order chi connectivity index (χ0) is 17.5. The molecule has 26 heavy (non-hydrogen) atoms. The molecule has 3 heteroatoms. The molecule has 1 heterocycles. The summed E-state index contributed by atoms with van der Waals surface area (Å²) in [5.41, 5.74) is 3.02. The van der Waals surface area contributed by atoms with Gasteiger partial charge in [0.1, 0.15) is 0 Å². The Bertz CT molecular complexity index is 724. The van der Waals surface area contributed by atoms with Gasteiger partial charge in [-0.25, -0.2) is 0 Å². The van der Waals surface area contributed by atoms with E-state index in [1.807, 2.05) is 0 Å². The zero-order valence-electron chi connectivity index (χ0n) is 15.9. The van der Waals surface area contributed by atoms with E-state index in [9.17, 15) is 5.21 Å². The fourth-order valence-electron chi connectivity index (χ4n) is 8.64. The molecule has 0 bridgehead atoms. The van der Waals surface area contributed by atoms with E-state index < -0.39 is 0 Å². The van der Waals surface area contributed by atoms with Gasteiger partial charge in [0, 0.05) is 5.41 Å². The van der Waals surface area contributed by atoms with Crippen molar-refractivity contribution in [2.75, 3.05) is 6.61 Å². The van der Waals surface area contributed by atoms with Gasteiger partial charge in [-0.05, 0) is 93.0 Å². The predicted molar refractivity (Wildman–Crippen MR) is 101 cm³/mol. The van der Waals surface area contributed by atoms with Crippen LogP contribution in [0.4, 0.5) is 0 Å². The van der Waals surface area contributed by atoms with E-state index in [0.717, 1.165) is 54.2 Å². The Morgan fingerprint density at radius 3 is 2.88 bits per heavy atom. The van der Waals surface area contributed by atoms with Crippen LogP contribution >= 0.6 is 0 Å². The van der Waals surface area contributed by atoms with Crippen molar-refractivity contribution in [3.05, 3.63) is 23.8 Å². The maximum absolute atomic E-state index is 9.24. The molecule has 0 aromatic carbocycles. The standard InChI is InChI=1S/C23H31NO2/c1-2-22-9-6-16-15-5-4-14(24-25)12-17(15)18-13-19(18)21(16)20(22)7-10-23(22)8-3-11-26-23/h3,8,12,15-16,18-21,25H,2,4-7,9-11,13H2,1H3/b24-14+/t15-,16?,18-,19-,20?,21?,22+,23+/m1/s1. The Labute approximate surface area is 156 Å². The lowest BCUT2D eigenvalue weighted by atomic mass is 9.49. The maximum Gasteiger partial charge on any atom is 0.0926 e. The molecule has 1 N–H and O–H groups in total. The van der Waals surface area contributed by atoms with Gasteiger partial charge in [-0.3, -0.25) is 0 Å². The molecule has 5 aliphatic carbocycles. The van der Waals surface area contributed by atoms with Gasteiger partial charge in [0.15, 0.2) is 0 Å². The normalized spacial score (nSPS) is 55.3. The molecule has 3 nitrogen and oxygen atoms in total. The minimum absolute atomic E-state index is 0.0567. The topological polar surface area (TPSA) is 41.8 Å². The number of nitrogens with zero attached hydrogens (tertiary/aromatic N) is 1. The van der Waals surface area contributed by atoms with Gasteiger partial charge < -0.3 is 9.94 Å². The molecule has 0 aromatic rings. The molecule has 6 aliphatic rings. The number of fused-ring (bicyclic) bond motifs is 9. The van der Waals surface area contributed by atoms with Crippen LogP contribution in [0.15, 0.2) is 29.0 Å². The summed E-state index contributed by atoms with van der Waals surface area (Å²) in [6.07, 6.45) is 17.2. The van der Waals surface area contributed by atoms with Crippen LogP contribution in [0.25, 0.3) is 0 Å². The van der Waals surface area contributed by atoms with Crippen molar-refractivity contribution < 1.29 is 9.94 Å². The number of ether oxygens (including phenoxy) is 1. The van der Waals surface area contributed by atoms with Gasteiger partial charge >= 0.3 is 0 Å². The highest BCUT2D eigenvalue weighted by atomic mass is 16.5. The molecule has 1 spiro atoms. The molecule has 8 atom stereocenters. The van der Waals surface area contributed by atoms with E-state index in [2.05, 4.69) is 30.3 Å². The zero-order valence-corrected chi connectivity index (χ0v) is 15.9. The minimum Gasteiger partial charge on any atom is -0.411 e. The quantitative estimate of drug-likeness (QED) is 0.411. The third kappa shape index (κ3) is 1.77. The van der Waals surface area contributed by atoms with Gasteiger partial charge in [0.05, 0.1) is 17.9 Å². The Kier molecular flexibility index (Phi) is 3.21. The summed E-state index contributed by atoms with van der Waals surface area (Å²) in [4.78, 5) is 0. The van der Waals surface area contributed by atoms with Gasteiger partial charge in [0.25, 0.3) is 0 Å². The van der Waals surface area contributed by atoms with Crippen LogP contribution in [0.2, 0.25) is 0 Å². The molecule has 140 valence electrons. The molecule has 3 unspecified atom stereocenters. The SMILES string of the molecule is CC[C@]12CCC3C(C1CC[C@@]21C=CCO1)[C@@H]1C[C@@H]1C1=C/C(=N/O)CC[C@@H]13. The molecular weight excluding hydrogens is 322 g/mol. The maximum atomic E-state index is 9.24. The summed E-state index contributed by atoms with van der Waals surface area (Å²) in [6.45, 7) is 3.26. The average Bonchev–Trinajstić information content (AvgIpc) is 3.24. The summed E-state index contributed by atoms with van der Waals surface area (Å²) in [5, 5.41) is 12.8. The highest BCUT2D eigenvalue weighted by molar-refractivity contribution is 5.96. The molecule has 4 saturated carbocycles. The van der Waals surface area contributed by atoms with Crippen LogP contribution in [0, 0.1) is 40.9 Å². The molecule has 0 amide bonds. The van der Waals surface area contributed by atoms with Crippen LogP contribution in [0.5, 0.6) is 0 Å². The van der Waals surface area contributed by atoms with Crippen LogP contribution in [-0.4, -0.2) is 23.1 Å². The van der Waals surface area contributed by atoms with Gasteiger partial charge in [-0.15, -0.1) is 0 Å². The van der Waals surface area contributed by atoms with Crippen LogP contribution in [0.1, 0.15) is 58.3 Å². The Hall–Kier alpha value is -1.09. The molecule has 4 fully saturated rings. The number of hydrogen-bond acceptors (Lipinski definition) is 3. The molecule has 1 aliphatic heterocycles. The van der Waals surface area contributed by atoms with Crippen molar-refractivity contribution in [1.82, 2.24) is 0 Å². The first-order chi connectivity index (χ1) is 12.7. The van der Waals surface area contributed by atoms with Crippen molar-refractivity contribution in [1.29, 1.82) is 0 Å². The Morgan fingerprint density at radius 2 is 2.12 bits per heavy atom. The lowest BCUT2D eigenvalue weighted by molar-refractivity contribution is -0.125. The first kappa shape index (κ1) is 15.9. The smallest absolute Gasteiger partial charge is 0.0926 e. The minimum atomic E-state index is 0.0567.